The van der Waals surface area contributed by atoms with Gasteiger partial charge in [-0.1, -0.05) is 0 Å². The Hall–Kier alpha value is -1.66. The molecule has 1 rings (SSSR count). The topological polar surface area (TPSA) is 75.5 Å². The van der Waals surface area contributed by atoms with E-state index in [2.05, 4.69) is 10.2 Å². The van der Waals surface area contributed by atoms with E-state index < -0.39 is 10.2 Å². The lowest BCUT2D eigenvalue weighted by atomic mass is 10.1. The fraction of sp³-hybridized carbons (Fsp3) is 0.462. The molecule has 0 fully saturated rings. The number of carbonyl (C=O) groups is 1. The molecule has 0 aromatic heterocycles. The Morgan fingerprint density at radius 1 is 1.40 bits per heavy atom. The van der Waals surface area contributed by atoms with Crippen LogP contribution in [0, 0.1) is 10.1 Å². The minimum atomic E-state index is -0.825. The highest BCUT2D eigenvalue weighted by Crippen LogP contribution is 2.24. The Bertz CT molecular complexity index is 492. The van der Waals surface area contributed by atoms with E-state index >= 15 is 0 Å². The summed E-state index contributed by atoms with van der Waals surface area (Å²) in [5.74, 6) is 0. The van der Waals surface area contributed by atoms with Crippen LogP contribution in [0.1, 0.15) is 23.2 Å². The van der Waals surface area contributed by atoms with Crippen LogP contribution < -0.4 is 5.32 Å². The number of unbranched alkanes of at least 4 members (excludes halogenated alkanes) is 1. The van der Waals surface area contributed by atoms with E-state index in [-0.39, 0.29) is 11.3 Å². The van der Waals surface area contributed by atoms with Crippen LogP contribution in [0.5, 0.6) is 0 Å². The largest absolute Gasteiger partial charge is 0.385 e. The predicted molar refractivity (Wildman–Crippen MR) is 79.6 cm³/mol. The van der Waals surface area contributed by atoms with Gasteiger partial charge in [0.1, 0.15) is 5.56 Å². The molecular formula is C13H18ClN3O3. The maximum atomic E-state index is 11.1. The third-order valence-electron chi connectivity index (χ3n) is 2.77. The van der Waals surface area contributed by atoms with Crippen LogP contribution in [0.2, 0.25) is 0 Å². The van der Waals surface area contributed by atoms with E-state index in [1.54, 1.807) is 6.07 Å². The van der Waals surface area contributed by atoms with Gasteiger partial charge >= 0.3 is 0 Å². The number of benzene rings is 1. The maximum absolute atomic E-state index is 11.1. The zero-order valence-electron chi connectivity index (χ0n) is 11.6. The number of nitrogens with one attached hydrogen (secondary N) is 1. The number of anilines is 1. The van der Waals surface area contributed by atoms with Gasteiger partial charge in [0, 0.05) is 18.3 Å². The second-order valence-electron chi connectivity index (χ2n) is 4.70. The van der Waals surface area contributed by atoms with E-state index in [0.717, 1.165) is 25.9 Å². The first-order valence-electron chi connectivity index (χ1n) is 6.28. The first-order valence-corrected chi connectivity index (χ1v) is 6.66. The van der Waals surface area contributed by atoms with Crippen molar-refractivity contribution in [3.63, 3.8) is 0 Å². The standard InChI is InChI=1S/C13H18ClN3O3/c1-16(2)8-4-3-7-15-10-5-6-11(13(14)18)12(9-10)17(19)20/h5-6,9,15H,3-4,7-8H2,1-2H3. The summed E-state index contributed by atoms with van der Waals surface area (Å²) in [6.07, 6.45) is 2.00. The molecule has 7 heteroatoms. The normalized spacial score (nSPS) is 10.6. The van der Waals surface area contributed by atoms with Crippen molar-refractivity contribution in [2.45, 2.75) is 12.8 Å². The Balaban J connectivity index is 2.61. The first kappa shape index (κ1) is 16.4. The molecule has 0 saturated heterocycles. The van der Waals surface area contributed by atoms with Gasteiger partial charge in [-0.2, -0.15) is 0 Å². The van der Waals surface area contributed by atoms with E-state index in [4.69, 9.17) is 11.6 Å². The molecule has 6 nitrogen and oxygen atoms in total. The molecule has 110 valence electrons. The molecule has 0 unspecified atom stereocenters. The van der Waals surface area contributed by atoms with Gasteiger partial charge in [-0.3, -0.25) is 14.9 Å². The van der Waals surface area contributed by atoms with Gasteiger partial charge in [-0.25, -0.2) is 0 Å². The number of rotatable bonds is 8. The Morgan fingerprint density at radius 3 is 2.65 bits per heavy atom. The van der Waals surface area contributed by atoms with E-state index in [1.165, 1.54) is 12.1 Å². The molecule has 0 saturated carbocycles. The highest BCUT2D eigenvalue weighted by atomic mass is 35.5. The molecule has 0 aliphatic rings. The number of hydrogen-bond donors (Lipinski definition) is 1. The highest BCUT2D eigenvalue weighted by Gasteiger charge is 2.19. The highest BCUT2D eigenvalue weighted by molar-refractivity contribution is 6.68. The van der Waals surface area contributed by atoms with Gasteiger partial charge < -0.3 is 10.2 Å². The van der Waals surface area contributed by atoms with E-state index in [1.807, 2.05) is 14.1 Å². The molecule has 0 amide bonds. The van der Waals surface area contributed by atoms with Crippen molar-refractivity contribution in [1.82, 2.24) is 4.90 Å². The molecule has 0 bridgehead atoms. The van der Waals surface area contributed by atoms with Gasteiger partial charge in [-0.05, 0) is 57.2 Å². The van der Waals surface area contributed by atoms with Gasteiger partial charge in [0.05, 0.1) is 4.92 Å². The summed E-state index contributed by atoms with van der Waals surface area (Å²) >= 11 is 5.31. The summed E-state index contributed by atoms with van der Waals surface area (Å²) in [5.41, 5.74) is 0.251. The summed E-state index contributed by atoms with van der Waals surface area (Å²) in [6.45, 7) is 1.72. The summed E-state index contributed by atoms with van der Waals surface area (Å²) in [7, 11) is 4.03. The van der Waals surface area contributed by atoms with Crippen molar-refractivity contribution < 1.29 is 9.72 Å². The minimum Gasteiger partial charge on any atom is -0.385 e. The molecule has 0 heterocycles. The van der Waals surface area contributed by atoms with Crippen LogP contribution in [0.3, 0.4) is 0 Å². The van der Waals surface area contributed by atoms with Crippen LogP contribution in [0.15, 0.2) is 18.2 Å². The molecule has 0 aliphatic heterocycles. The van der Waals surface area contributed by atoms with Crippen LogP contribution in [0.25, 0.3) is 0 Å². The van der Waals surface area contributed by atoms with Gasteiger partial charge in [0.15, 0.2) is 0 Å². The fourth-order valence-corrected chi connectivity index (χ4v) is 1.90. The molecular weight excluding hydrogens is 282 g/mol. The summed E-state index contributed by atoms with van der Waals surface area (Å²) in [5, 5.41) is 13.2. The SMILES string of the molecule is CN(C)CCCCNc1ccc(C(=O)Cl)c([N+](=O)[O-])c1. The average Bonchev–Trinajstić information content (AvgIpc) is 2.37. The fourth-order valence-electron chi connectivity index (χ4n) is 1.74. The summed E-state index contributed by atoms with van der Waals surface area (Å²) < 4.78 is 0. The first-order chi connectivity index (χ1) is 9.41. The van der Waals surface area contributed by atoms with Crippen molar-refractivity contribution in [3.8, 4) is 0 Å². The molecule has 1 aromatic rings. The predicted octanol–water partition coefficient (Wildman–Crippen LogP) is 2.73. The second-order valence-corrected chi connectivity index (χ2v) is 5.04. The molecule has 0 atom stereocenters. The number of nitrogens with zero attached hydrogens (tertiary/aromatic N) is 2. The van der Waals surface area contributed by atoms with Crippen molar-refractivity contribution in [2.75, 3.05) is 32.5 Å². The average molecular weight is 300 g/mol. The molecule has 0 radical (unpaired) electrons. The number of halogens is 1. The van der Waals surface area contributed by atoms with E-state index in [9.17, 15) is 14.9 Å². The molecule has 0 spiro atoms. The smallest absolute Gasteiger partial charge is 0.283 e. The number of nitro groups is 1. The third-order valence-corrected chi connectivity index (χ3v) is 2.97. The third kappa shape index (κ3) is 5.14. The van der Waals surface area contributed by atoms with Crippen LogP contribution >= 0.6 is 11.6 Å². The zero-order valence-corrected chi connectivity index (χ0v) is 12.3. The van der Waals surface area contributed by atoms with E-state index in [0.29, 0.717) is 5.69 Å². The minimum absolute atomic E-state index is 0.0881. The van der Waals surface area contributed by atoms with Crippen LogP contribution in [-0.2, 0) is 0 Å². The van der Waals surface area contributed by atoms with Crippen molar-refractivity contribution >= 4 is 28.2 Å². The van der Waals surface area contributed by atoms with Crippen LogP contribution in [0.4, 0.5) is 11.4 Å². The van der Waals surface area contributed by atoms with Gasteiger partial charge in [0.2, 0.25) is 0 Å². The molecule has 1 aromatic carbocycles. The lowest BCUT2D eigenvalue weighted by Gasteiger charge is -2.10. The second kappa shape index (κ2) is 7.81. The lowest BCUT2D eigenvalue weighted by molar-refractivity contribution is -0.385. The monoisotopic (exact) mass is 299 g/mol. The number of carbonyl (C=O) groups excluding carboxylic acids is 1. The maximum Gasteiger partial charge on any atom is 0.283 e. The zero-order chi connectivity index (χ0) is 15.1. The molecule has 1 N–H and O–H groups in total. The number of nitro benzene ring substituents is 1. The Morgan fingerprint density at radius 2 is 2.10 bits per heavy atom. The van der Waals surface area contributed by atoms with Crippen molar-refractivity contribution in [1.29, 1.82) is 0 Å². The lowest BCUT2D eigenvalue weighted by Crippen LogP contribution is -2.14. The van der Waals surface area contributed by atoms with Crippen molar-refractivity contribution in [3.05, 3.63) is 33.9 Å². The summed E-state index contributed by atoms with van der Waals surface area (Å²) in [6, 6.07) is 4.33. The number of hydrogen-bond acceptors (Lipinski definition) is 5. The quantitative estimate of drug-likeness (QED) is 0.346. The molecule has 20 heavy (non-hydrogen) atoms. The Kier molecular flexibility index (Phi) is 6.41. The van der Waals surface area contributed by atoms with Gasteiger partial charge in [-0.15, -0.1) is 0 Å². The van der Waals surface area contributed by atoms with Gasteiger partial charge in [0.25, 0.3) is 10.9 Å². The molecule has 0 aliphatic carbocycles. The van der Waals surface area contributed by atoms with Crippen molar-refractivity contribution in [2.24, 2.45) is 0 Å². The Labute approximate surface area is 122 Å². The van der Waals surface area contributed by atoms with Crippen LogP contribution in [-0.4, -0.2) is 42.3 Å². The summed E-state index contributed by atoms with van der Waals surface area (Å²) in [4.78, 5) is 23.5.